The van der Waals surface area contributed by atoms with Crippen LogP contribution in [0.4, 0.5) is 0 Å². The molecule has 1 aliphatic heterocycles. The van der Waals surface area contributed by atoms with E-state index in [2.05, 4.69) is 59.3 Å². The molecule has 1 aromatic heterocycles. The zero-order valence-electron chi connectivity index (χ0n) is 17.4. The average Bonchev–Trinajstić information content (AvgIpc) is 3.09. The Morgan fingerprint density at radius 3 is 2.89 bits per heavy atom. The molecule has 0 amide bonds. The van der Waals surface area contributed by atoms with Gasteiger partial charge in [-0.2, -0.15) is 4.98 Å². The van der Waals surface area contributed by atoms with Gasteiger partial charge in [-0.05, 0) is 45.2 Å². The zero-order valence-corrected chi connectivity index (χ0v) is 17.4. The highest BCUT2D eigenvalue weighted by Gasteiger charge is 2.25. The summed E-state index contributed by atoms with van der Waals surface area (Å²) in [5, 5.41) is 7.25. The number of aromatic nitrogens is 2. The minimum Gasteiger partial charge on any atom is -0.370 e. The van der Waals surface area contributed by atoms with Crippen molar-refractivity contribution in [3.8, 4) is 0 Å². The van der Waals surface area contributed by atoms with E-state index in [0.717, 1.165) is 45.0 Å². The van der Waals surface area contributed by atoms with Crippen molar-refractivity contribution in [1.82, 2.24) is 20.4 Å². The summed E-state index contributed by atoms with van der Waals surface area (Å²) >= 11 is 0. The largest absolute Gasteiger partial charge is 0.370 e. The summed E-state index contributed by atoms with van der Waals surface area (Å²) in [4.78, 5) is 11.4. The molecule has 0 aliphatic carbocycles. The van der Waals surface area contributed by atoms with Crippen molar-refractivity contribution in [3.05, 3.63) is 46.6 Å². The quantitative estimate of drug-likeness (QED) is 0.468. The molecule has 1 unspecified atom stereocenters. The Bertz CT molecular complexity index is 802. The number of ether oxygens (including phenoxy) is 1. The predicted molar refractivity (Wildman–Crippen MR) is 110 cm³/mol. The Balaban J connectivity index is 1.61. The highest BCUT2D eigenvalue weighted by Crippen LogP contribution is 2.25. The van der Waals surface area contributed by atoms with E-state index in [1.54, 1.807) is 0 Å². The Hall–Kier alpha value is -2.41. The van der Waals surface area contributed by atoms with Gasteiger partial charge in [0.15, 0.2) is 11.8 Å². The van der Waals surface area contributed by atoms with Crippen LogP contribution in [0.2, 0.25) is 0 Å². The molecule has 1 fully saturated rings. The van der Waals surface area contributed by atoms with Gasteiger partial charge in [0.2, 0.25) is 5.89 Å². The Morgan fingerprint density at radius 1 is 1.32 bits per heavy atom. The van der Waals surface area contributed by atoms with Crippen LogP contribution < -0.4 is 5.32 Å². The van der Waals surface area contributed by atoms with Crippen molar-refractivity contribution in [2.75, 3.05) is 32.8 Å². The molecular formula is C21H31N5O2. The number of aliphatic imine (C=N–C) groups is 1. The monoisotopic (exact) mass is 385 g/mol. The van der Waals surface area contributed by atoms with Crippen molar-refractivity contribution in [2.24, 2.45) is 4.99 Å². The van der Waals surface area contributed by atoms with Crippen molar-refractivity contribution in [3.63, 3.8) is 0 Å². The molecule has 7 heteroatoms. The van der Waals surface area contributed by atoms with Crippen molar-refractivity contribution in [2.45, 2.75) is 46.6 Å². The minimum atomic E-state index is 0.0691. The summed E-state index contributed by atoms with van der Waals surface area (Å²) in [6, 6.07) is 6.56. The lowest BCUT2D eigenvalue weighted by molar-refractivity contribution is -0.00833. The van der Waals surface area contributed by atoms with Gasteiger partial charge in [-0.25, -0.2) is 0 Å². The van der Waals surface area contributed by atoms with Gasteiger partial charge < -0.3 is 19.5 Å². The molecule has 0 spiro atoms. The highest BCUT2D eigenvalue weighted by atomic mass is 16.5. The lowest BCUT2D eigenvalue weighted by Gasteiger charge is -2.36. The van der Waals surface area contributed by atoms with Gasteiger partial charge in [-0.3, -0.25) is 4.99 Å². The molecule has 1 N–H and O–H groups in total. The van der Waals surface area contributed by atoms with Gasteiger partial charge in [-0.1, -0.05) is 28.9 Å². The van der Waals surface area contributed by atoms with Crippen LogP contribution in [0.25, 0.3) is 0 Å². The fraction of sp³-hybridized carbons (Fsp3) is 0.571. The summed E-state index contributed by atoms with van der Waals surface area (Å²) in [6.45, 7) is 12.1. The van der Waals surface area contributed by atoms with Crippen LogP contribution in [0, 0.1) is 20.8 Å². The lowest BCUT2D eigenvalue weighted by Crippen LogP contribution is -2.48. The number of nitrogens with zero attached hydrogens (tertiary/aromatic N) is 4. The molecule has 152 valence electrons. The number of morpholine rings is 1. The van der Waals surface area contributed by atoms with E-state index in [-0.39, 0.29) is 6.10 Å². The SMILES string of the molecule is CCNC(=NCCCc1nc(C)no1)N1CCOC(c2ccc(C)cc2C)C1. The predicted octanol–water partition coefficient (Wildman–Crippen LogP) is 2.97. The van der Waals surface area contributed by atoms with Crippen molar-refractivity contribution < 1.29 is 9.26 Å². The molecule has 1 saturated heterocycles. The third kappa shape index (κ3) is 5.32. The van der Waals surface area contributed by atoms with E-state index in [4.69, 9.17) is 14.3 Å². The molecule has 0 bridgehead atoms. The number of hydrogen-bond donors (Lipinski definition) is 1. The van der Waals surface area contributed by atoms with Gasteiger partial charge >= 0.3 is 0 Å². The maximum atomic E-state index is 6.08. The standard InChI is InChI=1S/C21H31N5O2/c1-5-22-21(23-10-6-7-20-24-17(4)25-28-20)26-11-12-27-19(14-26)18-9-8-15(2)13-16(18)3/h8-9,13,19H,5-7,10-12,14H2,1-4H3,(H,22,23). The highest BCUT2D eigenvalue weighted by molar-refractivity contribution is 5.80. The molecule has 3 rings (SSSR count). The van der Waals surface area contributed by atoms with Gasteiger partial charge in [0.1, 0.15) is 6.10 Å². The number of rotatable bonds is 6. The smallest absolute Gasteiger partial charge is 0.226 e. The van der Waals surface area contributed by atoms with E-state index in [1.807, 2.05) is 6.92 Å². The Kier molecular flexibility index (Phi) is 7.03. The van der Waals surface area contributed by atoms with Crippen LogP contribution in [-0.2, 0) is 11.2 Å². The summed E-state index contributed by atoms with van der Waals surface area (Å²) in [7, 11) is 0. The zero-order chi connectivity index (χ0) is 19.9. The minimum absolute atomic E-state index is 0.0691. The van der Waals surface area contributed by atoms with Crippen molar-refractivity contribution >= 4 is 5.96 Å². The second-order valence-corrected chi connectivity index (χ2v) is 7.24. The lowest BCUT2D eigenvalue weighted by atomic mass is 10.00. The van der Waals surface area contributed by atoms with E-state index in [1.165, 1.54) is 16.7 Å². The van der Waals surface area contributed by atoms with Gasteiger partial charge in [0.25, 0.3) is 0 Å². The summed E-state index contributed by atoms with van der Waals surface area (Å²) in [5.74, 6) is 2.30. The van der Waals surface area contributed by atoms with E-state index < -0.39 is 0 Å². The molecule has 1 atom stereocenters. The number of nitrogens with one attached hydrogen (secondary N) is 1. The fourth-order valence-corrected chi connectivity index (χ4v) is 3.50. The number of guanidine groups is 1. The van der Waals surface area contributed by atoms with Crippen LogP contribution in [0.1, 0.15) is 47.9 Å². The van der Waals surface area contributed by atoms with Gasteiger partial charge in [0.05, 0.1) is 13.2 Å². The van der Waals surface area contributed by atoms with Crippen LogP contribution in [0.15, 0.2) is 27.7 Å². The topological polar surface area (TPSA) is 75.8 Å². The van der Waals surface area contributed by atoms with Crippen LogP contribution in [0.5, 0.6) is 0 Å². The number of aryl methyl sites for hydroxylation is 4. The molecule has 0 saturated carbocycles. The maximum absolute atomic E-state index is 6.08. The summed E-state index contributed by atoms with van der Waals surface area (Å²) in [5.41, 5.74) is 3.82. The first kappa shape index (κ1) is 20.3. The normalized spacial score (nSPS) is 17.8. The molecule has 0 radical (unpaired) electrons. The Labute approximate surface area is 167 Å². The fourth-order valence-electron chi connectivity index (χ4n) is 3.50. The van der Waals surface area contributed by atoms with E-state index in [0.29, 0.717) is 18.3 Å². The molecule has 1 aromatic carbocycles. The molecule has 28 heavy (non-hydrogen) atoms. The van der Waals surface area contributed by atoms with Crippen LogP contribution in [0.3, 0.4) is 0 Å². The summed E-state index contributed by atoms with van der Waals surface area (Å²) < 4.78 is 11.2. The van der Waals surface area contributed by atoms with Gasteiger partial charge in [0, 0.05) is 26.1 Å². The van der Waals surface area contributed by atoms with Crippen LogP contribution >= 0.6 is 0 Å². The molecule has 7 nitrogen and oxygen atoms in total. The first-order valence-electron chi connectivity index (χ1n) is 10.1. The third-order valence-corrected chi connectivity index (χ3v) is 4.85. The second-order valence-electron chi connectivity index (χ2n) is 7.24. The first-order valence-corrected chi connectivity index (χ1v) is 10.1. The summed E-state index contributed by atoms with van der Waals surface area (Å²) in [6.07, 6.45) is 1.69. The van der Waals surface area contributed by atoms with E-state index >= 15 is 0 Å². The number of benzene rings is 1. The van der Waals surface area contributed by atoms with Crippen molar-refractivity contribution in [1.29, 1.82) is 0 Å². The van der Waals surface area contributed by atoms with E-state index in [9.17, 15) is 0 Å². The number of hydrogen-bond acceptors (Lipinski definition) is 5. The first-order chi connectivity index (χ1) is 13.6. The third-order valence-electron chi connectivity index (χ3n) is 4.85. The second kappa shape index (κ2) is 9.68. The molecule has 2 heterocycles. The maximum Gasteiger partial charge on any atom is 0.226 e. The molecular weight excluding hydrogens is 354 g/mol. The Morgan fingerprint density at radius 2 is 2.18 bits per heavy atom. The average molecular weight is 386 g/mol. The van der Waals surface area contributed by atoms with Crippen LogP contribution in [-0.4, -0.2) is 53.8 Å². The molecule has 2 aromatic rings. The van der Waals surface area contributed by atoms with Gasteiger partial charge in [-0.15, -0.1) is 0 Å². The molecule has 1 aliphatic rings.